The Hall–Kier alpha value is -2.84. The summed E-state index contributed by atoms with van der Waals surface area (Å²) >= 11 is 6.22. The summed E-state index contributed by atoms with van der Waals surface area (Å²) in [6.07, 6.45) is 6.61. The Morgan fingerprint density at radius 1 is 1.12 bits per heavy atom. The van der Waals surface area contributed by atoms with Gasteiger partial charge in [-0.05, 0) is 43.2 Å². The second-order valence-corrected chi connectivity index (χ2v) is 10.1. The molecular weight excluding hydrogens is 464 g/mol. The van der Waals surface area contributed by atoms with Crippen LogP contribution in [0.3, 0.4) is 0 Å². The maximum Gasteiger partial charge on any atom is 0.338 e. The summed E-state index contributed by atoms with van der Waals surface area (Å²) in [5.41, 5.74) is 0.325. The first-order valence-corrected chi connectivity index (χ1v) is 12.6. The Labute approximate surface area is 199 Å². The minimum absolute atomic E-state index is 0.0118. The molecular formula is C24H27ClN2O5S. The Bertz CT molecular complexity index is 1110. The number of anilines is 1. The standard InChI is InChI=1S/C24H27ClN2O5S/c1-2-15-27(22-14-7-6-13-21(22)25)33(30,31)20-12-8-9-18(16-20)24(29)32-17-23(28)26-19-10-4-3-5-11-19/h2,6-9,12-14,16,19H,1,3-5,10-11,15,17H2,(H,26,28). The molecule has 0 bridgehead atoms. The van der Waals surface area contributed by atoms with Crippen LogP contribution < -0.4 is 9.62 Å². The van der Waals surface area contributed by atoms with E-state index in [-0.39, 0.29) is 34.0 Å². The van der Waals surface area contributed by atoms with Crippen LogP contribution in [0.2, 0.25) is 5.02 Å². The van der Waals surface area contributed by atoms with Gasteiger partial charge in [-0.15, -0.1) is 6.58 Å². The van der Waals surface area contributed by atoms with Gasteiger partial charge in [-0.25, -0.2) is 13.2 Å². The zero-order valence-electron chi connectivity index (χ0n) is 18.2. The number of benzene rings is 2. The topological polar surface area (TPSA) is 92.8 Å². The van der Waals surface area contributed by atoms with E-state index >= 15 is 0 Å². The van der Waals surface area contributed by atoms with Crippen molar-refractivity contribution in [3.05, 3.63) is 71.8 Å². The van der Waals surface area contributed by atoms with Gasteiger partial charge in [-0.1, -0.05) is 55.1 Å². The fraction of sp³-hybridized carbons (Fsp3) is 0.333. The zero-order valence-corrected chi connectivity index (χ0v) is 19.8. The molecule has 33 heavy (non-hydrogen) atoms. The molecule has 0 saturated heterocycles. The van der Waals surface area contributed by atoms with Crippen LogP contribution in [0.1, 0.15) is 42.5 Å². The van der Waals surface area contributed by atoms with E-state index in [1.165, 1.54) is 36.8 Å². The van der Waals surface area contributed by atoms with Crippen LogP contribution in [0, 0.1) is 0 Å². The zero-order chi connectivity index (χ0) is 23.8. The first kappa shape index (κ1) is 24.8. The average molecular weight is 491 g/mol. The molecule has 0 radical (unpaired) electrons. The number of nitrogens with zero attached hydrogens (tertiary/aromatic N) is 1. The third-order valence-electron chi connectivity index (χ3n) is 5.38. The van der Waals surface area contributed by atoms with Gasteiger partial charge in [-0.2, -0.15) is 0 Å². The second-order valence-electron chi connectivity index (χ2n) is 7.78. The summed E-state index contributed by atoms with van der Waals surface area (Å²) in [4.78, 5) is 24.5. The maximum absolute atomic E-state index is 13.3. The van der Waals surface area contributed by atoms with E-state index in [1.54, 1.807) is 24.3 Å². The van der Waals surface area contributed by atoms with E-state index in [0.29, 0.717) is 5.69 Å². The molecule has 9 heteroatoms. The summed E-state index contributed by atoms with van der Waals surface area (Å²) in [5, 5.41) is 3.14. The van der Waals surface area contributed by atoms with Crippen molar-refractivity contribution in [2.75, 3.05) is 17.5 Å². The van der Waals surface area contributed by atoms with Gasteiger partial charge >= 0.3 is 5.97 Å². The summed E-state index contributed by atoms with van der Waals surface area (Å²) < 4.78 is 32.9. The van der Waals surface area contributed by atoms with E-state index < -0.39 is 22.6 Å². The van der Waals surface area contributed by atoms with Crippen molar-refractivity contribution >= 4 is 39.2 Å². The van der Waals surface area contributed by atoms with Gasteiger partial charge < -0.3 is 10.1 Å². The number of halogens is 1. The summed E-state index contributed by atoms with van der Waals surface area (Å²) in [5.74, 6) is -1.14. The van der Waals surface area contributed by atoms with Crippen LogP contribution in [0.25, 0.3) is 0 Å². The van der Waals surface area contributed by atoms with Gasteiger partial charge in [0.15, 0.2) is 6.61 Å². The fourth-order valence-corrected chi connectivity index (χ4v) is 5.53. The molecule has 0 spiro atoms. The molecule has 1 aliphatic rings. The minimum Gasteiger partial charge on any atom is -0.452 e. The fourth-order valence-electron chi connectivity index (χ4n) is 3.74. The van der Waals surface area contributed by atoms with Crippen molar-refractivity contribution in [1.82, 2.24) is 5.32 Å². The van der Waals surface area contributed by atoms with Crippen molar-refractivity contribution in [3.8, 4) is 0 Å². The molecule has 2 aromatic rings. The highest BCUT2D eigenvalue weighted by Gasteiger charge is 2.27. The van der Waals surface area contributed by atoms with Crippen molar-refractivity contribution in [2.24, 2.45) is 0 Å². The minimum atomic E-state index is -4.05. The lowest BCUT2D eigenvalue weighted by Gasteiger charge is -2.24. The van der Waals surface area contributed by atoms with Crippen molar-refractivity contribution < 1.29 is 22.7 Å². The highest BCUT2D eigenvalue weighted by Crippen LogP contribution is 2.30. The van der Waals surface area contributed by atoms with Crippen molar-refractivity contribution in [1.29, 1.82) is 0 Å². The molecule has 7 nitrogen and oxygen atoms in total. The van der Waals surface area contributed by atoms with Crippen LogP contribution >= 0.6 is 11.6 Å². The van der Waals surface area contributed by atoms with Gasteiger partial charge in [0.25, 0.3) is 15.9 Å². The highest BCUT2D eigenvalue weighted by atomic mass is 35.5. The third kappa shape index (κ3) is 6.36. The van der Waals surface area contributed by atoms with Crippen LogP contribution in [0.4, 0.5) is 5.69 Å². The Morgan fingerprint density at radius 2 is 1.85 bits per heavy atom. The molecule has 1 saturated carbocycles. The summed E-state index contributed by atoms with van der Waals surface area (Å²) in [6.45, 7) is 3.20. The smallest absolute Gasteiger partial charge is 0.338 e. The molecule has 3 rings (SSSR count). The molecule has 0 heterocycles. The lowest BCUT2D eigenvalue weighted by atomic mass is 9.95. The van der Waals surface area contributed by atoms with Crippen molar-refractivity contribution in [3.63, 3.8) is 0 Å². The second kappa shape index (κ2) is 11.3. The molecule has 0 aliphatic heterocycles. The van der Waals surface area contributed by atoms with E-state index in [0.717, 1.165) is 30.0 Å². The predicted molar refractivity (Wildman–Crippen MR) is 128 cm³/mol. The Morgan fingerprint density at radius 3 is 2.55 bits per heavy atom. The van der Waals surface area contributed by atoms with E-state index in [4.69, 9.17) is 16.3 Å². The number of rotatable bonds is 9. The number of hydrogen-bond donors (Lipinski definition) is 1. The highest BCUT2D eigenvalue weighted by molar-refractivity contribution is 7.92. The van der Waals surface area contributed by atoms with Gasteiger partial charge in [0.05, 0.1) is 27.7 Å². The third-order valence-corrected chi connectivity index (χ3v) is 7.47. The van der Waals surface area contributed by atoms with Gasteiger partial charge in [0.2, 0.25) is 0 Å². The monoisotopic (exact) mass is 490 g/mol. The molecule has 1 fully saturated rings. The maximum atomic E-state index is 13.3. The molecule has 0 aromatic heterocycles. The van der Waals surface area contributed by atoms with Crippen LogP contribution in [-0.4, -0.2) is 39.5 Å². The Kier molecular flexibility index (Phi) is 8.52. The summed E-state index contributed by atoms with van der Waals surface area (Å²) in [6, 6.07) is 12.2. The van der Waals surface area contributed by atoms with Crippen LogP contribution in [-0.2, 0) is 19.6 Å². The lowest BCUT2D eigenvalue weighted by Crippen LogP contribution is -2.38. The number of sulfonamides is 1. The van der Waals surface area contributed by atoms with Gasteiger partial charge in [-0.3, -0.25) is 9.10 Å². The van der Waals surface area contributed by atoms with Crippen molar-refractivity contribution in [2.45, 2.75) is 43.0 Å². The first-order chi connectivity index (χ1) is 15.8. The van der Waals surface area contributed by atoms with E-state index in [1.807, 2.05) is 0 Å². The molecule has 2 aromatic carbocycles. The largest absolute Gasteiger partial charge is 0.452 e. The lowest BCUT2D eigenvalue weighted by molar-refractivity contribution is -0.125. The van der Waals surface area contributed by atoms with Gasteiger partial charge in [0.1, 0.15) is 0 Å². The number of esters is 1. The molecule has 1 N–H and O–H groups in total. The van der Waals surface area contributed by atoms with Crippen LogP contribution in [0.5, 0.6) is 0 Å². The number of carbonyl (C=O) groups is 2. The number of para-hydroxylation sites is 1. The SMILES string of the molecule is C=CCN(c1ccccc1Cl)S(=O)(=O)c1cccc(C(=O)OCC(=O)NC2CCCCC2)c1. The van der Waals surface area contributed by atoms with Gasteiger partial charge in [0, 0.05) is 6.04 Å². The molecule has 176 valence electrons. The Balaban J connectivity index is 1.73. The molecule has 0 atom stereocenters. The number of amides is 1. The first-order valence-electron chi connectivity index (χ1n) is 10.8. The van der Waals surface area contributed by atoms with E-state index in [9.17, 15) is 18.0 Å². The van der Waals surface area contributed by atoms with Crippen LogP contribution in [0.15, 0.2) is 66.1 Å². The number of carbonyl (C=O) groups excluding carboxylic acids is 2. The number of ether oxygens (including phenoxy) is 1. The normalized spacial score (nSPS) is 14.3. The number of hydrogen-bond acceptors (Lipinski definition) is 5. The molecule has 1 amide bonds. The summed E-state index contributed by atoms with van der Waals surface area (Å²) in [7, 11) is -4.05. The predicted octanol–water partition coefficient (Wildman–Crippen LogP) is 4.33. The molecule has 0 unspecified atom stereocenters. The number of nitrogens with one attached hydrogen (secondary N) is 1. The average Bonchev–Trinajstić information content (AvgIpc) is 2.82. The molecule has 1 aliphatic carbocycles. The quantitative estimate of drug-likeness (QED) is 0.417. The van der Waals surface area contributed by atoms with E-state index in [2.05, 4.69) is 11.9 Å².